The highest BCUT2D eigenvalue weighted by Gasteiger charge is 2.46. The predicted octanol–water partition coefficient (Wildman–Crippen LogP) is 2.49. The summed E-state index contributed by atoms with van der Waals surface area (Å²) in [4.78, 5) is 26.3. The number of hydrogen-bond donors (Lipinski definition) is 1. The molecule has 166 valence electrons. The second-order valence-electron chi connectivity index (χ2n) is 7.20. The molecule has 0 unspecified atom stereocenters. The summed E-state index contributed by atoms with van der Waals surface area (Å²) in [7, 11) is 2.63. The molecule has 0 spiro atoms. The highest BCUT2D eigenvalue weighted by Crippen LogP contribution is 2.30. The Kier molecular flexibility index (Phi) is 8.00. The van der Waals surface area contributed by atoms with Crippen molar-refractivity contribution in [2.45, 2.75) is 44.1 Å². The molecule has 0 bridgehead atoms. The molecule has 1 aliphatic rings. The Hall–Kier alpha value is -2.94. The second kappa shape index (κ2) is 10.9. The molecule has 3 rings (SSSR count). The standard InChI is InChI=1S/C23H27NO7/c1-28-21(26)20(25)19-13-18(22(29-2)31-19)24(14-16-9-5-3-6-10-16)23(27)30-15-17-11-7-4-8-12-17/h3-12,18-20,22,25H,13-15H2,1-2H3/t18-,19-,20-,22+/m0/s1. The SMILES string of the molecule is COC(=O)[C@@H](O)[C@@H]1C[C@H](N(Cc2ccccc2)C(=O)OCc2ccccc2)[C@H](OC)O1. The Bertz CT molecular complexity index is 846. The maximum absolute atomic E-state index is 13.1. The van der Waals surface area contributed by atoms with Gasteiger partial charge in [-0.05, 0) is 11.1 Å². The number of carbonyl (C=O) groups excluding carboxylic acids is 2. The van der Waals surface area contributed by atoms with Crippen molar-refractivity contribution in [3.63, 3.8) is 0 Å². The minimum atomic E-state index is -1.48. The molecule has 31 heavy (non-hydrogen) atoms. The molecular weight excluding hydrogens is 402 g/mol. The van der Waals surface area contributed by atoms with Crippen LogP contribution in [0.2, 0.25) is 0 Å². The largest absolute Gasteiger partial charge is 0.467 e. The van der Waals surface area contributed by atoms with Crippen LogP contribution < -0.4 is 0 Å². The van der Waals surface area contributed by atoms with Crippen LogP contribution in [0.1, 0.15) is 17.5 Å². The van der Waals surface area contributed by atoms with Crippen LogP contribution in [0.15, 0.2) is 60.7 Å². The number of aliphatic hydroxyl groups is 1. The highest BCUT2D eigenvalue weighted by molar-refractivity contribution is 5.75. The van der Waals surface area contributed by atoms with Crippen molar-refractivity contribution in [3.05, 3.63) is 71.8 Å². The van der Waals surface area contributed by atoms with Crippen molar-refractivity contribution >= 4 is 12.1 Å². The van der Waals surface area contributed by atoms with Crippen LogP contribution >= 0.6 is 0 Å². The van der Waals surface area contributed by atoms with Crippen molar-refractivity contribution in [2.24, 2.45) is 0 Å². The van der Waals surface area contributed by atoms with Gasteiger partial charge in [-0.3, -0.25) is 4.90 Å². The van der Waals surface area contributed by atoms with Crippen molar-refractivity contribution in [2.75, 3.05) is 14.2 Å². The maximum Gasteiger partial charge on any atom is 0.410 e. The molecular formula is C23H27NO7. The van der Waals surface area contributed by atoms with E-state index in [1.54, 1.807) is 0 Å². The topological polar surface area (TPSA) is 94.5 Å². The fraction of sp³-hybridized carbons (Fsp3) is 0.391. The first-order chi connectivity index (χ1) is 15.0. The van der Waals surface area contributed by atoms with Crippen LogP contribution in [0.25, 0.3) is 0 Å². The Morgan fingerprint density at radius 1 is 1.06 bits per heavy atom. The molecule has 0 aromatic heterocycles. The number of benzene rings is 2. The van der Waals surface area contributed by atoms with Gasteiger partial charge in [-0.2, -0.15) is 0 Å². The van der Waals surface area contributed by atoms with Gasteiger partial charge >= 0.3 is 12.1 Å². The monoisotopic (exact) mass is 429 g/mol. The van der Waals surface area contributed by atoms with Crippen LogP contribution in [0.5, 0.6) is 0 Å². The van der Waals surface area contributed by atoms with Gasteiger partial charge in [-0.25, -0.2) is 9.59 Å². The van der Waals surface area contributed by atoms with Crippen LogP contribution in [-0.2, 0) is 36.9 Å². The number of methoxy groups -OCH3 is 2. The third-order valence-corrected chi connectivity index (χ3v) is 5.16. The number of hydrogen-bond acceptors (Lipinski definition) is 7. The molecule has 1 fully saturated rings. The molecule has 2 aromatic rings. The van der Waals surface area contributed by atoms with Crippen molar-refractivity contribution in [3.8, 4) is 0 Å². The zero-order valence-corrected chi connectivity index (χ0v) is 17.5. The number of ether oxygens (including phenoxy) is 4. The van der Waals surface area contributed by atoms with Gasteiger partial charge in [0.2, 0.25) is 0 Å². The summed E-state index contributed by atoms with van der Waals surface area (Å²) in [5.41, 5.74) is 1.76. The summed E-state index contributed by atoms with van der Waals surface area (Å²) in [5, 5.41) is 10.2. The van der Waals surface area contributed by atoms with E-state index in [9.17, 15) is 14.7 Å². The molecule has 1 amide bonds. The molecule has 0 saturated carbocycles. The molecule has 4 atom stereocenters. The fourth-order valence-electron chi connectivity index (χ4n) is 3.53. The lowest BCUT2D eigenvalue weighted by atomic mass is 10.1. The molecule has 2 aromatic carbocycles. The predicted molar refractivity (Wildman–Crippen MR) is 111 cm³/mol. The summed E-state index contributed by atoms with van der Waals surface area (Å²) < 4.78 is 21.3. The van der Waals surface area contributed by atoms with Gasteiger partial charge in [0, 0.05) is 20.1 Å². The van der Waals surface area contributed by atoms with Gasteiger partial charge in [-0.1, -0.05) is 60.7 Å². The van der Waals surface area contributed by atoms with E-state index in [4.69, 9.17) is 14.2 Å². The lowest BCUT2D eigenvalue weighted by molar-refractivity contribution is -0.174. The van der Waals surface area contributed by atoms with E-state index in [0.717, 1.165) is 11.1 Å². The van der Waals surface area contributed by atoms with Gasteiger partial charge in [0.25, 0.3) is 0 Å². The summed E-state index contributed by atoms with van der Waals surface area (Å²) in [5.74, 6) is -0.804. The first-order valence-electron chi connectivity index (χ1n) is 9.99. The minimum Gasteiger partial charge on any atom is -0.467 e. The van der Waals surface area contributed by atoms with E-state index in [1.165, 1.54) is 19.1 Å². The van der Waals surface area contributed by atoms with E-state index < -0.39 is 36.6 Å². The Morgan fingerprint density at radius 2 is 1.68 bits per heavy atom. The molecule has 0 aliphatic carbocycles. The van der Waals surface area contributed by atoms with Gasteiger partial charge in [0.1, 0.15) is 6.61 Å². The van der Waals surface area contributed by atoms with Crippen LogP contribution in [0.3, 0.4) is 0 Å². The summed E-state index contributed by atoms with van der Waals surface area (Å²) in [6, 6.07) is 18.2. The molecule has 8 heteroatoms. The van der Waals surface area contributed by atoms with Crippen molar-refractivity contribution < 1.29 is 33.6 Å². The molecule has 8 nitrogen and oxygen atoms in total. The second-order valence-corrected chi connectivity index (χ2v) is 7.20. The summed E-state index contributed by atoms with van der Waals surface area (Å²) in [6.45, 7) is 0.369. The van der Waals surface area contributed by atoms with E-state index >= 15 is 0 Å². The minimum absolute atomic E-state index is 0.115. The third-order valence-electron chi connectivity index (χ3n) is 5.16. The summed E-state index contributed by atoms with van der Waals surface area (Å²) >= 11 is 0. The molecule has 1 aliphatic heterocycles. The van der Waals surface area contributed by atoms with Crippen molar-refractivity contribution in [1.29, 1.82) is 0 Å². The number of carbonyl (C=O) groups is 2. The number of aliphatic hydroxyl groups excluding tert-OH is 1. The van der Waals surface area contributed by atoms with E-state index in [-0.39, 0.29) is 19.6 Å². The average molecular weight is 429 g/mol. The zero-order valence-electron chi connectivity index (χ0n) is 17.5. The number of rotatable bonds is 8. The first kappa shape index (κ1) is 22.7. The Labute approximate surface area is 181 Å². The highest BCUT2D eigenvalue weighted by atomic mass is 16.7. The molecule has 1 N–H and O–H groups in total. The Morgan fingerprint density at radius 3 is 2.26 bits per heavy atom. The van der Waals surface area contributed by atoms with Gasteiger partial charge in [0.15, 0.2) is 12.4 Å². The van der Waals surface area contributed by atoms with E-state index in [1.807, 2.05) is 60.7 Å². The summed E-state index contributed by atoms with van der Waals surface area (Å²) in [6.07, 6.45) is -3.55. The zero-order chi connectivity index (χ0) is 22.2. The van der Waals surface area contributed by atoms with Crippen molar-refractivity contribution in [1.82, 2.24) is 4.90 Å². The van der Waals surface area contributed by atoms with E-state index in [0.29, 0.717) is 0 Å². The first-order valence-corrected chi connectivity index (χ1v) is 9.99. The normalized spacial score (nSPS) is 21.3. The average Bonchev–Trinajstić information content (AvgIpc) is 3.25. The lowest BCUT2D eigenvalue weighted by Crippen LogP contribution is -2.45. The smallest absolute Gasteiger partial charge is 0.410 e. The molecule has 1 heterocycles. The Balaban J connectivity index is 1.78. The quantitative estimate of drug-likeness (QED) is 0.644. The van der Waals surface area contributed by atoms with Gasteiger partial charge in [-0.15, -0.1) is 0 Å². The lowest BCUT2D eigenvalue weighted by Gasteiger charge is -2.30. The number of esters is 1. The third kappa shape index (κ3) is 5.81. The van der Waals surface area contributed by atoms with Gasteiger partial charge < -0.3 is 24.1 Å². The molecule has 1 saturated heterocycles. The van der Waals surface area contributed by atoms with E-state index in [2.05, 4.69) is 4.74 Å². The number of nitrogens with zero attached hydrogens (tertiary/aromatic N) is 1. The van der Waals surface area contributed by atoms with Gasteiger partial charge in [0.05, 0.1) is 19.3 Å². The van der Waals surface area contributed by atoms with Crippen LogP contribution in [0, 0.1) is 0 Å². The molecule has 0 radical (unpaired) electrons. The van der Waals surface area contributed by atoms with Crippen LogP contribution in [-0.4, -0.2) is 60.8 Å². The fourth-order valence-corrected chi connectivity index (χ4v) is 3.53. The van der Waals surface area contributed by atoms with Crippen LogP contribution in [0.4, 0.5) is 4.79 Å². The number of amides is 1. The maximum atomic E-state index is 13.1.